The predicted octanol–water partition coefficient (Wildman–Crippen LogP) is 3.99. The summed E-state index contributed by atoms with van der Waals surface area (Å²) in [6.07, 6.45) is 0. The average molecular weight is 370 g/mol. The number of nitrogens with two attached hydrogens (primary N) is 1. The van der Waals surface area contributed by atoms with Gasteiger partial charge in [0.05, 0.1) is 10.7 Å². The van der Waals surface area contributed by atoms with Crippen LogP contribution in [-0.2, 0) is 0 Å². The molecule has 0 aliphatic rings. The van der Waals surface area contributed by atoms with Crippen LogP contribution in [0.15, 0.2) is 46.9 Å². The molecular weight excluding hydrogens is 360 g/mol. The fraction of sp³-hybridized carbons (Fsp3) is 0. The van der Waals surface area contributed by atoms with Gasteiger partial charge >= 0.3 is 0 Å². The molecule has 0 unspecified atom stereocenters. The molecule has 3 nitrogen and oxygen atoms in total. The minimum Gasteiger partial charge on any atom is -0.389 e. The lowest BCUT2D eigenvalue weighted by atomic mass is 10.1. The summed E-state index contributed by atoms with van der Waals surface area (Å²) in [6, 6.07) is 12.0. The first-order valence-corrected chi connectivity index (χ1v) is 7.21. The minimum absolute atomic E-state index is 0.250. The highest BCUT2D eigenvalue weighted by Crippen LogP contribution is 2.26. The molecule has 0 spiro atoms. The largest absolute Gasteiger partial charge is 0.389 e. The number of hydrogen-bond donors (Lipinski definition) is 2. The first-order valence-electron chi connectivity index (χ1n) is 5.63. The number of benzene rings is 2. The van der Waals surface area contributed by atoms with Crippen LogP contribution >= 0.6 is 39.7 Å². The van der Waals surface area contributed by atoms with E-state index in [0.717, 1.165) is 10.0 Å². The maximum absolute atomic E-state index is 12.1. The first kappa shape index (κ1) is 15.0. The SMILES string of the molecule is NC(=S)c1ccc(C(=O)Nc2cc(Br)ccc2Cl)cc1. The van der Waals surface area contributed by atoms with Gasteiger partial charge < -0.3 is 11.1 Å². The highest BCUT2D eigenvalue weighted by molar-refractivity contribution is 9.10. The second-order valence-electron chi connectivity index (χ2n) is 4.02. The summed E-state index contributed by atoms with van der Waals surface area (Å²) in [7, 11) is 0. The second kappa shape index (κ2) is 6.35. The third-order valence-corrected chi connectivity index (χ3v) is 3.67. The van der Waals surface area contributed by atoms with Crippen molar-refractivity contribution in [1.82, 2.24) is 0 Å². The summed E-state index contributed by atoms with van der Waals surface area (Å²) in [5.74, 6) is -0.250. The van der Waals surface area contributed by atoms with Gasteiger partial charge in [-0.25, -0.2) is 0 Å². The Morgan fingerprint density at radius 2 is 1.75 bits per heavy atom. The van der Waals surface area contributed by atoms with Gasteiger partial charge in [-0.15, -0.1) is 0 Å². The number of anilines is 1. The number of thiocarbonyl (C=S) groups is 1. The first-order chi connectivity index (χ1) is 9.47. The van der Waals surface area contributed by atoms with Crippen LogP contribution in [0.25, 0.3) is 0 Å². The molecule has 0 aliphatic heterocycles. The number of rotatable bonds is 3. The van der Waals surface area contributed by atoms with Crippen molar-refractivity contribution in [2.45, 2.75) is 0 Å². The summed E-state index contributed by atoms with van der Waals surface area (Å²) in [5.41, 5.74) is 7.27. The van der Waals surface area contributed by atoms with Crippen molar-refractivity contribution in [1.29, 1.82) is 0 Å². The van der Waals surface area contributed by atoms with Gasteiger partial charge in [-0.1, -0.05) is 51.9 Å². The molecule has 2 aromatic rings. The molecule has 0 atom stereocenters. The molecule has 2 aromatic carbocycles. The van der Waals surface area contributed by atoms with Crippen LogP contribution in [0.5, 0.6) is 0 Å². The second-order valence-corrected chi connectivity index (χ2v) is 5.78. The van der Waals surface area contributed by atoms with E-state index >= 15 is 0 Å². The molecule has 0 radical (unpaired) electrons. The van der Waals surface area contributed by atoms with E-state index in [0.29, 0.717) is 21.3 Å². The summed E-state index contributed by atoms with van der Waals surface area (Å²) < 4.78 is 0.834. The summed E-state index contributed by atoms with van der Waals surface area (Å²) >= 11 is 14.2. The smallest absolute Gasteiger partial charge is 0.255 e. The minimum atomic E-state index is -0.250. The van der Waals surface area contributed by atoms with Crippen LogP contribution < -0.4 is 11.1 Å². The van der Waals surface area contributed by atoms with Gasteiger partial charge in [0.2, 0.25) is 0 Å². The van der Waals surface area contributed by atoms with Gasteiger partial charge in [-0.2, -0.15) is 0 Å². The van der Waals surface area contributed by atoms with Crippen LogP contribution in [0.4, 0.5) is 5.69 Å². The Balaban J connectivity index is 2.19. The molecule has 1 amide bonds. The third-order valence-electron chi connectivity index (χ3n) is 2.61. The van der Waals surface area contributed by atoms with Crippen molar-refractivity contribution in [2.75, 3.05) is 5.32 Å². The van der Waals surface area contributed by atoms with Gasteiger partial charge in [0.15, 0.2) is 0 Å². The highest BCUT2D eigenvalue weighted by Gasteiger charge is 2.09. The van der Waals surface area contributed by atoms with Gasteiger partial charge in [0, 0.05) is 15.6 Å². The van der Waals surface area contributed by atoms with Gasteiger partial charge in [-0.3, -0.25) is 4.79 Å². The number of carbonyl (C=O) groups is 1. The Morgan fingerprint density at radius 3 is 2.35 bits per heavy atom. The van der Waals surface area contributed by atoms with E-state index in [-0.39, 0.29) is 5.91 Å². The van der Waals surface area contributed by atoms with Crippen LogP contribution in [0.1, 0.15) is 15.9 Å². The maximum atomic E-state index is 12.1. The number of amides is 1. The zero-order valence-corrected chi connectivity index (χ0v) is 13.3. The van der Waals surface area contributed by atoms with Crippen LogP contribution in [-0.4, -0.2) is 10.9 Å². The zero-order valence-electron chi connectivity index (χ0n) is 10.2. The Kier molecular flexibility index (Phi) is 4.75. The van der Waals surface area contributed by atoms with E-state index in [1.807, 2.05) is 0 Å². The number of halogens is 2. The molecule has 0 aliphatic carbocycles. The lowest BCUT2D eigenvalue weighted by Crippen LogP contribution is -2.13. The van der Waals surface area contributed by atoms with E-state index in [4.69, 9.17) is 29.6 Å². The number of nitrogens with one attached hydrogen (secondary N) is 1. The molecule has 2 rings (SSSR count). The third kappa shape index (κ3) is 3.56. The summed E-state index contributed by atoms with van der Waals surface area (Å²) in [5, 5.41) is 3.22. The van der Waals surface area contributed by atoms with Gasteiger partial charge in [-0.05, 0) is 30.3 Å². The Hall–Kier alpha value is -1.43. The van der Waals surface area contributed by atoms with Crippen molar-refractivity contribution >= 4 is 56.3 Å². The molecule has 0 saturated heterocycles. The van der Waals surface area contributed by atoms with E-state index in [1.54, 1.807) is 42.5 Å². The zero-order chi connectivity index (χ0) is 14.7. The van der Waals surface area contributed by atoms with Crippen molar-refractivity contribution in [3.8, 4) is 0 Å². The summed E-state index contributed by atoms with van der Waals surface area (Å²) in [4.78, 5) is 12.4. The van der Waals surface area contributed by atoms with Crippen molar-refractivity contribution < 1.29 is 4.79 Å². The molecule has 6 heteroatoms. The molecule has 102 valence electrons. The van der Waals surface area contributed by atoms with Crippen LogP contribution in [0, 0.1) is 0 Å². The van der Waals surface area contributed by atoms with E-state index < -0.39 is 0 Å². The lowest BCUT2D eigenvalue weighted by molar-refractivity contribution is 0.102. The molecule has 0 aromatic heterocycles. The Labute approximate surface area is 135 Å². The van der Waals surface area contributed by atoms with Crippen molar-refractivity contribution in [2.24, 2.45) is 5.73 Å². The lowest BCUT2D eigenvalue weighted by Gasteiger charge is -2.08. The fourth-order valence-electron chi connectivity index (χ4n) is 1.57. The monoisotopic (exact) mass is 368 g/mol. The molecule has 3 N–H and O–H groups in total. The quantitative estimate of drug-likeness (QED) is 0.804. The van der Waals surface area contributed by atoms with Crippen LogP contribution in [0.3, 0.4) is 0 Å². The van der Waals surface area contributed by atoms with Crippen LogP contribution in [0.2, 0.25) is 5.02 Å². The Morgan fingerprint density at radius 1 is 1.15 bits per heavy atom. The van der Waals surface area contributed by atoms with Crippen molar-refractivity contribution in [3.05, 3.63) is 63.1 Å². The van der Waals surface area contributed by atoms with Gasteiger partial charge in [0.25, 0.3) is 5.91 Å². The van der Waals surface area contributed by atoms with Crippen molar-refractivity contribution in [3.63, 3.8) is 0 Å². The molecule has 20 heavy (non-hydrogen) atoms. The summed E-state index contributed by atoms with van der Waals surface area (Å²) in [6.45, 7) is 0. The molecular formula is C14H10BrClN2OS. The molecule has 0 saturated carbocycles. The molecule has 0 bridgehead atoms. The average Bonchev–Trinajstić information content (AvgIpc) is 2.43. The predicted molar refractivity (Wildman–Crippen MR) is 89.4 cm³/mol. The Bertz CT molecular complexity index is 673. The molecule has 0 heterocycles. The number of carbonyl (C=O) groups excluding carboxylic acids is 1. The fourth-order valence-corrected chi connectivity index (χ4v) is 2.24. The number of hydrogen-bond acceptors (Lipinski definition) is 2. The topological polar surface area (TPSA) is 55.1 Å². The normalized spacial score (nSPS) is 10.1. The van der Waals surface area contributed by atoms with E-state index in [2.05, 4.69) is 21.2 Å². The standard InChI is InChI=1S/C14H10BrClN2OS/c15-10-5-6-11(16)12(7-10)18-14(19)9-3-1-8(2-4-9)13(17)20/h1-7H,(H2,17,20)(H,18,19). The molecule has 0 fully saturated rings. The van der Waals surface area contributed by atoms with E-state index in [9.17, 15) is 4.79 Å². The maximum Gasteiger partial charge on any atom is 0.255 e. The van der Waals surface area contributed by atoms with E-state index in [1.165, 1.54) is 0 Å². The highest BCUT2D eigenvalue weighted by atomic mass is 79.9. The van der Waals surface area contributed by atoms with Gasteiger partial charge in [0.1, 0.15) is 4.99 Å².